The minimum Gasteiger partial charge on any atom is -0.307 e. The van der Waals surface area contributed by atoms with Crippen molar-refractivity contribution in [3.05, 3.63) is 25.3 Å². The van der Waals surface area contributed by atoms with Gasteiger partial charge in [0.05, 0.1) is 0 Å². The highest BCUT2D eigenvalue weighted by Gasteiger charge is 2.54. The molecule has 2 heteroatoms. The minimum atomic E-state index is 0.257. The van der Waals surface area contributed by atoms with Crippen LogP contribution in [0.3, 0.4) is 0 Å². The quantitative estimate of drug-likeness (QED) is 0.779. The third-order valence-corrected chi connectivity index (χ3v) is 6.59. The van der Waals surface area contributed by atoms with Gasteiger partial charge in [0, 0.05) is 24.7 Å². The van der Waals surface area contributed by atoms with Crippen LogP contribution in [-0.2, 0) is 0 Å². The van der Waals surface area contributed by atoms with E-state index in [0.29, 0.717) is 0 Å². The van der Waals surface area contributed by atoms with Crippen molar-refractivity contribution in [2.45, 2.75) is 50.6 Å². The fraction of sp³-hybridized carbons (Fsp3) is 0.789. The summed E-state index contributed by atoms with van der Waals surface area (Å²) in [4.78, 5) is 2.67. The zero-order valence-electron chi connectivity index (χ0n) is 13.9. The van der Waals surface area contributed by atoms with Crippen molar-refractivity contribution in [2.24, 2.45) is 23.7 Å². The molecule has 3 fully saturated rings. The van der Waals surface area contributed by atoms with Crippen LogP contribution in [0.25, 0.3) is 0 Å². The number of nitrogens with zero attached hydrogens (tertiary/aromatic N) is 1. The van der Waals surface area contributed by atoms with E-state index in [1.165, 1.54) is 32.2 Å². The van der Waals surface area contributed by atoms with Crippen LogP contribution in [0.1, 0.15) is 39.0 Å². The van der Waals surface area contributed by atoms with E-state index in [1.807, 2.05) is 6.08 Å². The lowest BCUT2D eigenvalue weighted by Crippen LogP contribution is -2.66. The summed E-state index contributed by atoms with van der Waals surface area (Å²) in [6.45, 7) is 12.6. The molecule has 0 spiro atoms. The van der Waals surface area contributed by atoms with Crippen molar-refractivity contribution >= 4 is 0 Å². The van der Waals surface area contributed by atoms with Gasteiger partial charge in [-0.3, -0.25) is 0 Å². The largest absolute Gasteiger partial charge is 0.307 e. The molecule has 21 heavy (non-hydrogen) atoms. The van der Waals surface area contributed by atoms with Crippen LogP contribution in [0.2, 0.25) is 0 Å². The number of hydrogen-bond donors (Lipinski definition) is 1. The molecule has 2 aliphatic carbocycles. The topological polar surface area (TPSA) is 15.3 Å². The van der Waals surface area contributed by atoms with Crippen molar-refractivity contribution in [1.82, 2.24) is 10.2 Å². The van der Waals surface area contributed by atoms with E-state index in [2.05, 4.69) is 43.4 Å². The molecule has 0 unspecified atom stereocenters. The molecule has 2 saturated carbocycles. The summed E-state index contributed by atoms with van der Waals surface area (Å²) >= 11 is 0. The maximum atomic E-state index is 4.05. The second kappa shape index (κ2) is 5.89. The average molecular weight is 288 g/mol. The highest BCUT2D eigenvalue weighted by molar-refractivity contribution is 5.11. The Hall–Kier alpha value is -0.600. The minimum absolute atomic E-state index is 0.257. The zero-order chi connectivity index (χ0) is 15.0. The lowest BCUT2D eigenvalue weighted by Gasteiger charge is -2.61. The molecular formula is C19H32N2. The molecule has 118 valence electrons. The van der Waals surface area contributed by atoms with Crippen LogP contribution in [0.4, 0.5) is 0 Å². The number of rotatable bonds is 5. The Balaban J connectivity index is 1.89. The molecule has 1 saturated heterocycles. The molecule has 2 nitrogen and oxygen atoms in total. The summed E-state index contributed by atoms with van der Waals surface area (Å²) in [5, 5.41) is 3.86. The summed E-state index contributed by atoms with van der Waals surface area (Å²) in [5.41, 5.74) is 0.257. The number of fused-ring (bicyclic) bond motifs is 1. The summed E-state index contributed by atoms with van der Waals surface area (Å²) in [6, 6.07) is 0.844. The Labute approximate surface area is 130 Å². The molecule has 0 aromatic rings. The molecule has 1 heterocycles. The number of likely N-dealkylation sites (tertiary alicyclic amines) is 1. The number of piperidine rings is 1. The van der Waals surface area contributed by atoms with E-state index in [4.69, 9.17) is 0 Å². The standard InChI is InChI=1S/C19H32N2/c1-5-7-19(20-8-6-2)12-15-9-14(3)10-18-17(15)11-16(19)13-21(18)4/h5-6,14-18,20H,1-2,7-13H2,3-4H3/t14-,15+,16-,17-,18+,19-/m1/s1. The highest BCUT2D eigenvalue weighted by Crippen LogP contribution is 2.53. The summed E-state index contributed by atoms with van der Waals surface area (Å²) in [5.74, 6) is 3.49. The van der Waals surface area contributed by atoms with E-state index in [-0.39, 0.29) is 5.54 Å². The van der Waals surface area contributed by atoms with Crippen molar-refractivity contribution in [3.63, 3.8) is 0 Å². The Morgan fingerprint density at radius 3 is 2.76 bits per heavy atom. The number of nitrogens with one attached hydrogen (secondary N) is 1. The van der Waals surface area contributed by atoms with Gasteiger partial charge in [0.1, 0.15) is 0 Å². The molecular weight excluding hydrogens is 256 g/mol. The highest BCUT2D eigenvalue weighted by atomic mass is 15.2. The first-order valence-corrected chi connectivity index (χ1v) is 8.76. The monoisotopic (exact) mass is 288 g/mol. The molecule has 0 amide bonds. The summed E-state index contributed by atoms with van der Waals surface area (Å²) in [7, 11) is 2.36. The van der Waals surface area contributed by atoms with E-state index < -0.39 is 0 Å². The van der Waals surface area contributed by atoms with Crippen molar-refractivity contribution in [2.75, 3.05) is 20.1 Å². The smallest absolute Gasteiger partial charge is 0.0261 e. The number of hydrogen-bond acceptors (Lipinski definition) is 2. The van der Waals surface area contributed by atoms with E-state index in [0.717, 1.165) is 42.7 Å². The fourth-order valence-electron chi connectivity index (χ4n) is 5.77. The van der Waals surface area contributed by atoms with Gasteiger partial charge >= 0.3 is 0 Å². The van der Waals surface area contributed by atoms with Gasteiger partial charge < -0.3 is 10.2 Å². The summed E-state index contributed by atoms with van der Waals surface area (Å²) < 4.78 is 0. The van der Waals surface area contributed by atoms with Gasteiger partial charge in [-0.1, -0.05) is 19.1 Å². The van der Waals surface area contributed by atoms with Gasteiger partial charge in [0.25, 0.3) is 0 Å². The van der Waals surface area contributed by atoms with Crippen LogP contribution in [0.5, 0.6) is 0 Å². The van der Waals surface area contributed by atoms with Crippen LogP contribution >= 0.6 is 0 Å². The molecule has 0 radical (unpaired) electrons. The maximum absolute atomic E-state index is 4.05. The third kappa shape index (κ3) is 2.61. The van der Waals surface area contributed by atoms with Crippen molar-refractivity contribution in [3.8, 4) is 0 Å². The predicted octanol–water partition coefficient (Wildman–Crippen LogP) is 3.46. The zero-order valence-corrected chi connectivity index (χ0v) is 13.9. The van der Waals surface area contributed by atoms with Crippen LogP contribution in [-0.4, -0.2) is 36.6 Å². The fourth-order valence-corrected chi connectivity index (χ4v) is 5.77. The normalized spacial score (nSPS) is 46.1. The van der Waals surface area contributed by atoms with Gasteiger partial charge in [0.15, 0.2) is 0 Å². The lowest BCUT2D eigenvalue weighted by atomic mass is 9.54. The Morgan fingerprint density at radius 2 is 2.05 bits per heavy atom. The third-order valence-electron chi connectivity index (χ3n) is 6.59. The van der Waals surface area contributed by atoms with Crippen LogP contribution in [0, 0.1) is 23.7 Å². The van der Waals surface area contributed by atoms with Crippen LogP contribution < -0.4 is 5.32 Å². The van der Waals surface area contributed by atoms with Crippen molar-refractivity contribution in [1.29, 1.82) is 0 Å². The molecule has 3 rings (SSSR count). The Kier molecular flexibility index (Phi) is 4.29. The first-order valence-electron chi connectivity index (χ1n) is 8.76. The SMILES string of the molecule is C=CCN[C@]1(CC=C)C[C@@H]2C[C@@H](C)C[C@H]3[C@@H]2C[C@@H]1CN3C. The molecule has 1 N–H and O–H groups in total. The maximum Gasteiger partial charge on any atom is 0.0261 e. The lowest BCUT2D eigenvalue weighted by molar-refractivity contribution is -0.0810. The molecule has 3 aliphatic rings. The van der Waals surface area contributed by atoms with Gasteiger partial charge in [-0.25, -0.2) is 0 Å². The molecule has 0 aromatic heterocycles. The van der Waals surface area contributed by atoms with E-state index in [1.54, 1.807) is 0 Å². The Morgan fingerprint density at radius 1 is 1.24 bits per heavy atom. The average Bonchev–Trinajstić information content (AvgIpc) is 2.45. The molecule has 6 atom stereocenters. The van der Waals surface area contributed by atoms with Crippen LogP contribution in [0.15, 0.2) is 25.3 Å². The first-order chi connectivity index (χ1) is 10.1. The second-order valence-corrected chi connectivity index (χ2v) is 7.96. The summed E-state index contributed by atoms with van der Waals surface area (Å²) in [6.07, 6.45) is 10.8. The molecule has 1 aliphatic heterocycles. The van der Waals surface area contributed by atoms with Gasteiger partial charge in [-0.2, -0.15) is 0 Å². The van der Waals surface area contributed by atoms with Gasteiger partial charge in [-0.15, -0.1) is 13.2 Å². The van der Waals surface area contributed by atoms with E-state index >= 15 is 0 Å². The molecule has 0 aromatic carbocycles. The molecule has 2 bridgehead atoms. The predicted molar refractivity (Wildman–Crippen MR) is 90.3 cm³/mol. The second-order valence-electron chi connectivity index (χ2n) is 7.96. The van der Waals surface area contributed by atoms with E-state index in [9.17, 15) is 0 Å². The Bertz CT molecular complexity index is 404. The van der Waals surface area contributed by atoms with Gasteiger partial charge in [-0.05, 0) is 62.8 Å². The van der Waals surface area contributed by atoms with Crippen molar-refractivity contribution < 1.29 is 0 Å². The van der Waals surface area contributed by atoms with Gasteiger partial charge in [0.2, 0.25) is 0 Å². The first kappa shape index (κ1) is 15.3.